The lowest BCUT2D eigenvalue weighted by atomic mass is 10.0. The van der Waals surface area contributed by atoms with Crippen molar-refractivity contribution < 1.29 is 23.7 Å². The van der Waals surface area contributed by atoms with E-state index in [4.69, 9.17) is 18.9 Å². The first-order chi connectivity index (χ1) is 16.0. The zero-order valence-electron chi connectivity index (χ0n) is 19.4. The van der Waals surface area contributed by atoms with Crippen molar-refractivity contribution in [2.45, 2.75) is 26.8 Å². The fourth-order valence-corrected chi connectivity index (χ4v) is 3.69. The lowest BCUT2D eigenvalue weighted by Gasteiger charge is -2.17. The molecule has 0 radical (unpaired) electrons. The van der Waals surface area contributed by atoms with Gasteiger partial charge in [0, 0.05) is 18.1 Å². The topological polar surface area (TPSA) is 103 Å². The van der Waals surface area contributed by atoms with E-state index in [1.54, 1.807) is 34.3 Å². The Morgan fingerprint density at radius 2 is 1.76 bits per heavy atom. The van der Waals surface area contributed by atoms with Crippen molar-refractivity contribution in [2.24, 2.45) is 0 Å². The summed E-state index contributed by atoms with van der Waals surface area (Å²) in [4.78, 5) is 17.2. The summed E-state index contributed by atoms with van der Waals surface area (Å²) in [7, 11) is 4.66. The van der Waals surface area contributed by atoms with Crippen LogP contribution in [0.25, 0.3) is 10.9 Å². The van der Waals surface area contributed by atoms with Crippen LogP contribution in [0.15, 0.2) is 30.5 Å². The molecular formula is C25H27N3O5. The molecule has 0 bridgehead atoms. The highest BCUT2D eigenvalue weighted by Gasteiger charge is 2.20. The van der Waals surface area contributed by atoms with Gasteiger partial charge in [-0.15, -0.1) is 0 Å². The van der Waals surface area contributed by atoms with Crippen molar-refractivity contribution in [3.63, 3.8) is 0 Å². The van der Waals surface area contributed by atoms with Crippen molar-refractivity contribution in [3.8, 4) is 23.3 Å². The van der Waals surface area contributed by atoms with Crippen LogP contribution in [0.5, 0.6) is 17.2 Å². The van der Waals surface area contributed by atoms with E-state index in [1.807, 2.05) is 25.1 Å². The largest absolute Gasteiger partial charge is 0.493 e. The lowest BCUT2D eigenvalue weighted by Crippen LogP contribution is -2.12. The minimum absolute atomic E-state index is 0.238. The number of hydrogen-bond donors (Lipinski definition) is 1. The number of aryl methyl sites for hydroxylation is 1. The molecule has 0 unspecified atom stereocenters. The molecule has 0 fully saturated rings. The van der Waals surface area contributed by atoms with Gasteiger partial charge >= 0.3 is 5.97 Å². The zero-order valence-corrected chi connectivity index (χ0v) is 19.4. The summed E-state index contributed by atoms with van der Waals surface area (Å²) in [6.07, 6.45) is 2.22. The van der Waals surface area contributed by atoms with Gasteiger partial charge in [0.25, 0.3) is 0 Å². The highest BCUT2D eigenvalue weighted by Crippen LogP contribution is 2.39. The molecule has 0 saturated heterocycles. The summed E-state index contributed by atoms with van der Waals surface area (Å²) < 4.78 is 21.5. The van der Waals surface area contributed by atoms with Crippen molar-refractivity contribution >= 4 is 22.6 Å². The molecule has 0 aliphatic carbocycles. The smallest absolute Gasteiger partial charge is 0.341 e. The first-order valence-electron chi connectivity index (χ1n) is 10.6. The van der Waals surface area contributed by atoms with Crippen LogP contribution in [0.3, 0.4) is 0 Å². The Morgan fingerprint density at radius 3 is 2.30 bits per heavy atom. The molecular weight excluding hydrogens is 422 g/mol. The number of esters is 1. The molecule has 0 atom stereocenters. The summed E-state index contributed by atoms with van der Waals surface area (Å²) in [5.41, 5.74) is 3.86. The fraction of sp³-hybridized carbons (Fsp3) is 0.320. The van der Waals surface area contributed by atoms with Crippen molar-refractivity contribution in [1.29, 1.82) is 5.26 Å². The van der Waals surface area contributed by atoms with Crippen molar-refractivity contribution in [2.75, 3.05) is 33.3 Å². The molecule has 0 amide bonds. The Labute approximate surface area is 193 Å². The number of hydrogen-bond acceptors (Lipinski definition) is 8. The van der Waals surface area contributed by atoms with Crippen LogP contribution < -0.4 is 19.5 Å². The molecule has 0 aliphatic heterocycles. The average molecular weight is 450 g/mol. The summed E-state index contributed by atoms with van der Waals surface area (Å²) >= 11 is 0. The number of methoxy groups -OCH3 is 3. The van der Waals surface area contributed by atoms with E-state index >= 15 is 0 Å². The van der Waals surface area contributed by atoms with Gasteiger partial charge in [-0.2, -0.15) is 5.26 Å². The number of ether oxygens (including phenoxy) is 4. The van der Waals surface area contributed by atoms with Gasteiger partial charge < -0.3 is 24.3 Å². The van der Waals surface area contributed by atoms with E-state index in [-0.39, 0.29) is 6.61 Å². The van der Waals surface area contributed by atoms with E-state index in [0.29, 0.717) is 52.4 Å². The molecule has 8 heteroatoms. The first kappa shape index (κ1) is 23.7. The average Bonchev–Trinajstić information content (AvgIpc) is 2.85. The fourth-order valence-electron chi connectivity index (χ4n) is 3.69. The number of pyridine rings is 1. The number of nitriles is 1. The van der Waals surface area contributed by atoms with Gasteiger partial charge in [-0.25, -0.2) is 4.79 Å². The molecule has 0 aliphatic rings. The molecule has 8 nitrogen and oxygen atoms in total. The SMILES string of the molecule is CCOC(=O)c1cnc2c(CC)cc(C#N)cc2c1NCc1cc(OC)c(OC)c(OC)c1. The number of carbonyl (C=O) groups is 1. The maximum Gasteiger partial charge on any atom is 0.341 e. The lowest BCUT2D eigenvalue weighted by molar-refractivity contribution is 0.0527. The second-order valence-electron chi connectivity index (χ2n) is 7.15. The predicted octanol–water partition coefficient (Wildman–Crippen LogP) is 4.48. The zero-order chi connectivity index (χ0) is 24.0. The molecule has 1 aromatic heterocycles. The number of benzene rings is 2. The molecule has 1 heterocycles. The van der Waals surface area contributed by atoms with E-state index in [0.717, 1.165) is 16.6 Å². The molecule has 172 valence electrons. The molecule has 33 heavy (non-hydrogen) atoms. The number of nitrogens with one attached hydrogen (secondary N) is 1. The van der Waals surface area contributed by atoms with Crippen LogP contribution in [-0.2, 0) is 17.7 Å². The van der Waals surface area contributed by atoms with E-state index in [9.17, 15) is 10.1 Å². The first-order valence-corrected chi connectivity index (χ1v) is 10.6. The number of carbonyl (C=O) groups excluding carboxylic acids is 1. The van der Waals surface area contributed by atoms with Crippen LogP contribution in [0, 0.1) is 11.3 Å². The van der Waals surface area contributed by atoms with Gasteiger partial charge in [0.2, 0.25) is 5.75 Å². The summed E-state index contributed by atoms with van der Waals surface area (Å²) in [6.45, 7) is 4.33. The summed E-state index contributed by atoms with van der Waals surface area (Å²) in [6, 6.07) is 9.42. The van der Waals surface area contributed by atoms with Crippen molar-refractivity contribution in [1.82, 2.24) is 4.98 Å². The normalized spacial score (nSPS) is 10.4. The predicted molar refractivity (Wildman–Crippen MR) is 125 cm³/mol. The number of aromatic nitrogens is 1. The maximum absolute atomic E-state index is 12.7. The molecule has 0 spiro atoms. The Morgan fingerprint density at radius 1 is 1.06 bits per heavy atom. The maximum atomic E-state index is 12.7. The molecule has 3 aromatic rings. The Kier molecular flexibility index (Phi) is 7.57. The number of rotatable bonds is 9. The second-order valence-corrected chi connectivity index (χ2v) is 7.15. The van der Waals surface area contributed by atoms with Gasteiger partial charge in [-0.3, -0.25) is 4.98 Å². The number of anilines is 1. The number of nitrogens with zero attached hydrogens (tertiary/aromatic N) is 2. The summed E-state index contributed by atoms with van der Waals surface area (Å²) in [5, 5.41) is 13.6. The van der Waals surface area contributed by atoms with Gasteiger partial charge in [0.15, 0.2) is 11.5 Å². The highest BCUT2D eigenvalue weighted by atomic mass is 16.5. The Hall–Kier alpha value is -3.99. The standard InChI is InChI=1S/C25H27N3O5/c1-6-17-8-15(12-26)9-18-22(17)28-14-19(25(29)33-7-2)23(18)27-13-16-10-20(30-3)24(32-5)21(11-16)31-4/h8-11,14H,6-7,13H2,1-5H3,(H,27,28). The third-order valence-corrected chi connectivity index (χ3v) is 5.25. The van der Waals surface area contributed by atoms with Gasteiger partial charge in [-0.05, 0) is 48.7 Å². The van der Waals surface area contributed by atoms with E-state index < -0.39 is 5.97 Å². The monoisotopic (exact) mass is 449 g/mol. The van der Waals surface area contributed by atoms with Gasteiger partial charge in [-0.1, -0.05) is 6.92 Å². The molecule has 3 rings (SSSR count). The quantitative estimate of drug-likeness (QED) is 0.477. The highest BCUT2D eigenvalue weighted by molar-refractivity contribution is 6.06. The van der Waals surface area contributed by atoms with Crippen LogP contribution in [0.1, 0.15) is 40.9 Å². The third-order valence-electron chi connectivity index (χ3n) is 5.25. The molecule has 2 aromatic carbocycles. The minimum Gasteiger partial charge on any atom is -0.493 e. The molecule has 1 N–H and O–H groups in total. The van der Waals surface area contributed by atoms with Crippen LogP contribution in [-0.4, -0.2) is 38.9 Å². The Bertz CT molecular complexity index is 1190. The summed E-state index contributed by atoms with van der Waals surface area (Å²) in [5.74, 6) is 1.06. The minimum atomic E-state index is -0.486. The van der Waals surface area contributed by atoms with Crippen LogP contribution in [0.4, 0.5) is 5.69 Å². The van der Waals surface area contributed by atoms with Gasteiger partial charge in [0.05, 0.1) is 50.8 Å². The second kappa shape index (κ2) is 10.6. The Balaban J connectivity index is 2.13. The van der Waals surface area contributed by atoms with Crippen LogP contribution >= 0.6 is 0 Å². The molecule has 0 saturated carbocycles. The number of fused-ring (bicyclic) bond motifs is 1. The third kappa shape index (κ3) is 4.77. The van der Waals surface area contributed by atoms with Crippen molar-refractivity contribution in [3.05, 3.63) is 52.7 Å². The van der Waals surface area contributed by atoms with Gasteiger partial charge in [0.1, 0.15) is 5.56 Å². The van der Waals surface area contributed by atoms with E-state index in [1.165, 1.54) is 6.20 Å². The van der Waals surface area contributed by atoms with E-state index in [2.05, 4.69) is 16.4 Å². The van der Waals surface area contributed by atoms with Crippen LogP contribution in [0.2, 0.25) is 0 Å².